The van der Waals surface area contributed by atoms with Gasteiger partial charge in [-0.05, 0) is 26.3 Å². The molecular formula is C7H15NO. The Morgan fingerprint density at radius 3 is 2.33 bits per heavy atom. The zero-order valence-corrected chi connectivity index (χ0v) is 6.31. The lowest BCUT2D eigenvalue weighted by molar-refractivity contribution is 0.108. The average molecular weight is 129 g/mol. The molecule has 0 rings (SSSR count). The third kappa shape index (κ3) is 2.16. The van der Waals surface area contributed by atoms with Gasteiger partial charge < -0.3 is 10.8 Å². The van der Waals surface area contributed by atoms with Gasteiger partial charge in [0, 0.05) is 6.54 Å². The molecule has 0 aromatic heterocycles. The maximum Gasteiger partial charge on any atom is 0.0947 e. The highest BCUT2D eigenvalue weighted by Gasteiger charge is 2.18. The first-order valence-corrected chi connectivity index (χ1v) is 3.10. The summed E-state index contributed by atoms with van der Waals surface area (Å²) in [6, 6.07) is 0. The van der Waals surface area contributed by atoms with Crippen LogP contribution in [0.25, 0.3) is 0 Å². The van der Waals surface area contributed by atoms with E-state index in [1.54, 1.807) is 6.92 Å². The minimum Gasteiger partial charge on any atom is -0.384 e. The highest BCUT2D eigenvalue weighted by Crippen LogP contribution is 2.12. The summed E-state index contributed by atoms with van der Waals surface area (Å²) in [4.78, 5) is 0. The first-order valence-electron chi connectivity index (χ1n) is 3.10. The number of allylic oxidation sites excluding steroid dienone is 1. The summed E-state index contributed by atoms with van der Waals surface area (Å²) >= 11 is 0. The highest BCUT2D eigenvalue weighted by molar-refractivity contribution is 5.11. The zero-order valence-electron chi connectivity index (χ0n) is 6.31. The van der Waals surface area contributed by atoms with Crippen molar-refractivity contribution in [2.45, 2.75) is 26.4 Å². The van der Waals surface area contributed by atoms with Gasteiger partial charge in [0.15, 0.2) is 0 Å². The predicted octanol–water partition coefficient (Wildman–Crippen LogP) is 0.662. The van der Waals surface area contributed by atoms with Crippen LogP contribution in [-0.4, -0.2) is 17.3 Å². The van der Waals surface area contributed by atoms with Crippen LogP contribution in [0.15, 0.2) is 11.6 Å². The van der Waals surface area contributed by atoms with E-state index in [4.69, 9.17) is 5.73 Å². The van der Waals surface area contributed by atoms with E-state index < -0.39 is 5.60 Å². The molecule has 0 aromatic carbocycles. The smallest absolute Gasteiger partial charge is 0.0947 e. The molecule has 0 aliphatic rings. The molecule has 9 heavy (non-hydrogen) atoms. The Bertz CT molecular complexity index is 116. The maximum absolute atomic E-state index is 9.40. The van der Waals surface area contributed by atoms with Gasteiger partial charge in [0.1, 0.15) is 0 Å². The van der Waals surface area contributed by atoms with Crippen LogP contribution in [0.4, 0.5) is 0 Å². The number of rotatable bonds is 2. The van der Waals surface area contributed by atoms with Crippen molar-refractivity contribution in [1.82, 2.24) is 0 Å². The number of aliphatic hydroxyl groups is 1. The SMILES string of the molecule is C/C=C(\C)C(C)(O)CN. The molecule has 0 saturated carbocycles. The number of nitrogens with two attached hydrogens (primary N) is 1. The van der Waals surface area contributed by atoms with Crippen molar-refractivity contribution in [3.8, 4) is 0 Å². The van der Waals surface area contributed by atoms with Gasteiger partial charge in [0.05, 0.1) is 5.60 Å². The van der Waals surface area contributed by atoms with Crippen molar-refractivity contribution >= 4 is 0 Å². The second-order valence-corrected chi connectivity index (χ2v) is 2.45. The quantitative estimate of drug-likeness (QED) is 0.538. The lowest BCUT2D eigenvalue weighted by Gasteiger charge is -2.21. The monoisotopic (exact) mass is 129 g/mol. The van der Waals surface area contributed by atoms with Gasteiger partial charge in [-0.1, -0.05) is 6.08 Å². The fourth-order valence-corrected chi connectivity index (χ4v) is 0.472. The van der Waals surface area contributed by atoms with Crippen molar-refractivity contribution in [2.24, 2.45) is 5.73 Å². The summed E-state index contributed by atoms with van der Waals surface area (Å²) in [6.45, 7) is 5.75. The Morgan fingerprint density at radius 1 is 1.78 bits per heavy atom. The molecule has 0 bridgehead atoms. The molecule has 3 N–H and O–H groups in total. The molecule has 0 heterocycles. The molecular weight excluding hydrogens is 114 g/mol. The number of hydrogen-bond acceptors (Lipinski definition) is 2. The number of hydrogen-bond donors (Lipinski definition) is 2. The minimum atomic E-state index is -0.811. The van der Waals surface area contributed by atoms with E-state index in [1.807, 2.05) is 19.9 Å². The first kappa shape index (κ1) is 8.66. The molecule has 1 unspecified atom stereocenters. The average Bonchev–Trinajstić information content (AvgIpc) is 1.86. The zero-order chi connectivity index (χ0) is 7.49. The van der Waals surface area contributed by atoms with Gasteiger partial charge in [-0.15, -0.1) is 0 Å². The Labute approximate surface area is 56.4 Å². The van der Waals surface area contributed by atoms with Crippen molar-refractivity contribution in [3.63, 3.8) is 0 Å². The molecule has 0 saturated heterocycles. The van der Waals surface area contributed by atoms with E-state index in [0.717, 1.165) is 5.57 Å². The standard InChI is InChI=1S/C7H15NO/c1-4-6(2)7(3,9)5-8/h4,9H,5,8H2,1-3H3/b6-4+. The topological polar surface area (TPSA) is 46.2 Å². The van der Waals surface area contributed by atoms with Gasteiger partial charge >= 0.3 is 0 Å². The second kappa shape index (κ2) is 2.99. The van der Waals surface area contributed by atoms with Crippen LogP contribution in [0.5, 0.6) is 0 Å². The summed E-state index contributed by atoms with van der Waals surface area (Å²) in [5.74, 6) is 0. The summed E-state index contributed by atoms with van der Waals surface area (Å²) in [5, 5.41) is 9.40. The van der Waals surface area contributed by atoms with Gasteiger partial charge in [0.25, 0.3) is 0 Å². The molecule has 0 amide bonds. The second-order valence-electron chi connectivity index (χ2n) is 2.45. The van der Waals surface area contributed by atoms with Crippen LogP contribution < -0.4 is 5.73 Å². The van der Waals surface area contributed by atoms with Crippen molar-refractivity contribution in [3.05, 3.63) is 11.6 Å². The molecule has 0 aliphatic heterocycles. The van der Waals surface area contributed by atoms with E-state index >= 15 is 0 Å². The Hall–Kier alpha value is -0.340. The molecule has 0 aliphatic carbocycles. The molecule has 0 aromatic rings. The molecule has 0 radical (unpaired) electrons. The summed E-state index contributed by atoms with van der Waals surface area (Å²) in [5.41, 5.74) is 5.40. The van der Waals surface area contributed by atoms with Gasteiger partial charge in [-0.25, -0.2) is 0 Å². The fraction of sp³-hybridized carbons (Fsp3) is 0.714. The lowest BCUT2D eigenvalue weighted by atomic mass is 9.98. The Kier molecular flexibility index (Phi) is 2.88. The summed E-state index contributed by atoms with van der Waals surface area (Å²) < 4.78 is 0. The minimum absolute atomic E-state index is 0.281. The normalized spacial score (nSPS) is 19.4. The van der Waals surface area contributed by atoms with Crippen LogP contribution >= 0.6 is 0 Å². The largest absolute Gasteiger partial charge is 0.384 e. The predicted molar refractivity (Wildman–Crippen MR) is 39.1 cm³/mol. The Balaban J connectivity index is 4.14. The third-order valence-corrected chi connectivity index (χ3v) is 1.68. The molecule has 0 fully saturated rings. The first-order chi connectivity index (χ1) is 4.04. The Morgan fingerprint density at radius 2 is 2.22 bits per heavy atom. The molecule has 1 atom stereocenters. The van der Waals surface area contributed by atoms with Crippen molar-refractivity contribution in [1.29, 1.82) is 0 Å². The van der Waals surface area contributed by atoms with E-state index in [1.165, 1.54) is 0 Å². The van der Waals surface area contributed by atoms with E-state index in [9.17, 15) is 5.11 Å². The van der Waals surface area contributed by atoms with Crippen molar-refractivity contribution < 1.29 is 5.11 Å². The van der Waals surface area contributed by atoms with E-state index in [2.05, 4.69) is 0 Å². The summed E-state index contributed by atoms with van der Waals surface area (Å²) in [6.07, 6.45) is 1.87. The van der Waals surface area contributed by atoms with Crippen LogP contribution in [0.1, 0.15) is 20.8 Å². The molecule has 2 nitrogen and oxygen atoms in total. The van der Waals surface area contributed by atoms with Crippen LogP contribution in [-0.2, 0) is 0 Å². The third-order valence-electron chi connectivity index (χ3n) is 1.68. The van der Waals surface area contributed by atoms with E-state index in [0.29, 0.717) is 0 Å². The van der Waals surface area contributed by atoms with Gasteiger partial charge in [-0.2, -0.15) is 0 Å². The van der Waals surface area contributed by atoms with Crippen LogP contribution in [0.2, 0.25) is 0 Å². The summed E-state index contributed by atoms with van der Waals surface area (Å²) in [7, 11) is 0. The lowest BCUT2D eigenvalue weighted by Crippen LogP contribution is -2.35. The molecule has 0 spiro atoms. The maximum atomic E-state index is 9.40. The molecule has 2 heteroatoms. The van der Waals surface area contributed by atoms with Gasteiger partial charge in [0.2, 0.25) is 0 Å². The van der Waals surface area contributed by atoms with Crippen LogP contribution in [0.3, 0.4) is 0 Å². The fourth-order valence-electron chi connectivity index (χ4n) is 0.472. The molecule has 54 valence electrons. The highest BCUT2D eigenvalue weighted by atomic mass is 16.3. The van der Waals surface area contributed by atoms with Gasteiger partial charge in [-0.3, -0.25) is 0 Å². The van der Waals surface area contributed by atoms with Crippen molar-refractivity contribution in [2.75, 3.05) is 6.54 Å². The van der Waals surface area contributed by atoms with E-state index in [-0.39, 0.29) is 6.54 Å². The van der Waals surface area contributed by atoms with Crippen LogP contribution in [0, 0.1) is 0 Å².